The van der Waals surface area contributed by atoms with E-state index in [0.717, 1.165) is 18.6 Å². The summed E-state index contributed by atoms with van der Waals surface area (Å²) in [6, 6.07) is 0. The quantitative estimate of drug-likeness (QED) is 0.107. The van der Waals surface area contributed by atoms with Gasteiger partial charge in [0.2, 0.25) is 0 Å². The van der Waals surface area contributed by atoms with Gasteiger partial charge >= 0.3 is 0 Å². The number of rotatable bonds is 14. The third kappa shape index (κ3) is 26.1. The van der Waals surface area contributed by atoms with Gasteiger partial charge in [0.1, 0.15) is 6.29 Å². The predicted molar refractivity (Wildman–Crippen MR) is 106 cm³/mol. The van der Waals surface area contributed by atoms with Crippen molar-refractivity contribution < 1.29 is 4.79 Å². The van der Waals surface area contributed by atoms with Crippen molar-refractivity contribution in [3.8, 4) is 0 Å². The Bertz CT molecular complexity index is 288. The molecule has 0 bridgehead atoms. The molecule has 0 amide bonds. The van der Waals surface area contributed by atoms with Gasteiger partial charge in [-0.05, 0) is 37.7 Å². The van der Waals surface area contributed by atoms with E-state index in [2.05, 4.69) is 33.4 Å². The molecule has 1 atom stereocenters. The Hall–Kier alpha value is -1.11. The Morgan fingerprint density at radius 3 is 2.17 bits per heavy atom. The fourth-order valence-electron chi connectivity index (χ4n) is 2.39. The van der Waals surface area contributed by atoms with Gasteiger partial charge in [0.15, 0.2) is 0 Å². The van der Waals surface area contributed by atoms with Crippen LogP contribution in [0.1, 0.15) is 91.4 Å². The zero-order valence-corrected chi connectivity index (χ0v) is 15.9. The molecule has 0 aliphatic heterocycles. The van der Waals surface area contributed by atoms with E-state index in [1.54, 1.807) is 6.08 Å². The smallest absolute Gasteiger partial charge is 0.142 e. The van der Waals surface area contributed by atoms with E-state index in [1.165, 1.54) is 70.3 Å². The highest BCUT2D eigenvalue weighted by Crippen LogP contribution is 2.14. The van der Waals surface area contributed by atoms with Gasteiger partial charge < -0.3 is 0 Å². The van der Waals surface area contributed by atoms with Crippen molar-refractivity contribution in [1.29, 1.82) is 0 Å². The molecule has 0 aromatic heterocycles. The molecule has 0 N–H and O–H groups in total. The van der Waals surface area contributed by atoms with Gasteiger partial charge in [-0.2, -0.15) is 0 Å². The summed E-state index contributed by atoms with van der Waals surface area (Å²) in [5, 5.41) is 0. The molecule has 0 aromatic rings. The fraction of sp³-hybridized carbons (Fsp3) is 0.682. The van der Waals surface area contributed by atoms with E-state index in [0.29, 0.717) is 0 Å². The normalized spacial score (nSPS) is 12.1. The van der Waals surface area contributed by atoms with Gasteiger partial charge in [0, 0.05) is 0 Å². The minimum absolute atomic E-state index is 0.788. The Morgan fingerprint density at radius 2 is 1.57 bits per heavy atom. The summed E-state index contributed by atoms with van der Waals surface area (Å²) >= 11 is 0. The molecule has 23 heavy (non-hydrogen) atoms. The minimum atomic E-state index is 0.788. The topological polar surface area (TPSA) is 17.1 Å². The molecule has 134 valence electrons. The highest BCUT2D eigenvalue weighted by atomic mass is 16.1. The Morgan fingerprint density at radius 1 is 0.826 bits per heavy atom. The van der Waals surface area contributed by atoms with Crippen LogP contribution in [0.3, 0.4) is 0 Å². The van der Waals surface area contributed by atoms with Crippen LogP contribution in [-0.4, -0.2) is 6.29 Å². The van der Waals surface area contributed by atoms with Gasteiger partial charge in [-0.25, -0.2) is 0 Å². The summed E-state index contributed by atoms with van der Waals surface area (Å²) in [6.07, 6.45) is 24.5. The molecule has 1 nitrogen and oxygen atoms in total. The second kappa shape index (κ2) is 23.2. The molecule has 0 saturated heterocycles. The SMILES string of the molecule is C=CCCCCCC(C)CCC.CCCCC/C=C/C=C/C=O. The van der Waals surface area contributed by atoms with Gasteiger partial charge in [0.25, 0.3) is 0 Å². The lowest BCUT2D eigenvalue weighted by Crippen LogP contribution is -1.93. The molecule has 0 radical (unpaired) electrons. The van der Waals surface area contributed by atoms with E-state index >= 15 is 0 Å². The van der Waals surface area contributed by atoms with E-state index < -0.39 is 0 Å². The van der Waals surface area contributed by atoms with Gasteiger partial charge in [-0.15, -0.1) is 6.58 Å². The molecular formula is C22H40O. The van der Waals surface area contributed by atoms with Gasteiger partial charge in [0.05, 0.1) is 0 Å². The summed E-state index contributed by atoms with van der Waals surface area (Å²) in [6.45, 7) is 10.6. The minimum Gasteiger partial charge on any atom is -0.299 e. The molecule has 0 rings (SSSR count). The van der Waals surface area contributed by atoms with Crippen molar-refractivity contribution in [1.82, 2.24) is 0 Å². The van der Waals surface area contributed by atoms with Gasteiger partial charge in [-0.3, -0.25) is 4.79 Å². The number of hydrogen-bond donors (Lipinski definition) is 0. The summed E-state index contributed by atoms with van der Waals surface area (Å²) in [4.78, 5) is 9.82. The first-order chi connectivity index (χ1) is 11.2. The maximum absolute atomic E-state index is 9.82. The van der Waals surface area contributed by atoms with Crippen molar-refractivity contribution in [2.75, 3.05) is 0 Å². The fourth-order valence-corrected chi connectivity index (χ4v) is 2.39. The lowest BCUT2D eigenvalue weighted by molar-refractivity contribution is -0.104. The largest absolute Gasteiger partial charge is 0.299 e. The number of unbranched alkanes of at least 4 members (excludes halogenated alkanes) is 6. The number of carbonyl (C=O) groups excluding carboxylic acids is 1. The zero-order valence-electron chi connectivity index (χ0n) is 15.9. The zero-order chi connectivity index (χ0) is 17.6. The highest BCUT2D eigenvalue weighted by Gasteiger charge is 1.99. The van der Waals surface area contributed by atoms with Crippen LogP contribution in [0.5, 0.6) is 0 Å². The second-order valence-corrected chi connectivity index (χ2v) is 6.27. The average Bonchev–Trinajstić information content (AvgIpc) is 2.55. The maximum atomic E-state index is 9.82. The van der Waals surface area contributed by atoms with E-state index in [4.69, 9.17) is 0 Å². The average molecular weight is 321 g/mol. The summed E-state index contributed by atoms with van der Waals surface area (Å²) < 4.78 is 0. The summed E-state index contributed by atoms with van der Waals surface area (Å²) in [5.74, 6) is 0.943. The Kier molecular flexibility index (Phi) is 24.3. The first-order valence-electron chi connectivity index (χ1n) is 9.60. The first kappa shape index (κ1) is 24.1. The second-order valence-electron chi connectivity index (χ2n) is 6.27. The molecule has 0 aromatic carbocycles. The maximum Gasteiger partial charge on any atom is 0.142 e. The van der Waals surface area contributed by atoms with Crippen LogP contribution in [0.25, 0.3) is 0 Å². The van der Waals surface area contributed by atoms with Crippen LogP contribution in [0.4, 0.5) is 0 Å². The Labute approximate surface area is 146 Å². The summed E-state index contributed by atoms with van der Waals surface area (Å²) in [5.41, 5.74) is 0. The van der Waals surface area contributed by atoms with E-state index in [9.17, 15) is 4.79 Å². The van der Waals surface area contributed by atoms with Crippen LogP contribution < -0.4 is 0 Å². The van der Waals surface area contributed by atoms with Crippen LogP contribution in [-0.2, 0) is 4.79 Å². The molecule has 0 aliphatic rings. The third-order valence-electron chi connectivity index (χ3n) is 3.80. The number of hydrogen-bond acceptors (Lipinski definition) is 1. The Balaban J connectivity index is 0. The van der Waals surface area contributed by atoms with Crippen molar-refractivity contribution >= 4 is 6.29 Å². The molecule has 0 heterocycles. The third-order valence-corrected chi connectivity index (χ3v) is 3.80. The highest BCUT2D eigenvalue weighted by molar-refractivity contribution is 5.65. The summed E-state index contributed by atoms with van der Waals surface area (Å²) in [7, 11) is 0. The molecule has 0 aliphatic carbocycles. The van der Waals surface area contributed by atoms with Gasteiger partial charge in [-0.1, -0.05) is 90.0 Å². The molecule has 0 fully saturated rings. The van der Waals surface area contributed by atoms with Crippen LogP contribution >= 0.6 is 0 Å². The number of aldehydes is 1. The van der Waals surface area contributed by atoms with E-state index in [-0.39, 0.29) is 0 Å². The van der Waals surface area contributed by atoms with Crippen LogP contribution in [0.2, 0.25) is 0 Å². The molecule has 0 saturated carbocycles. The molecule has 1 heteroatoms. The standard InChI is InChI=1S/C12H24.C10H16O/c1-4-6-7-8-9-11-12(3)10-5-2;1-2-3-4-5-6-7-8-9-10-11/h4,12H,1,5-11H2,2-3H3;6-10H,2-5H2,1H3/b;7-6+,9-8+. The first-order valence-corrected chi connectivity index (χ1v) is 9.60. The molecule has 0 spiro atoms. The lowest BCUT2D eigenvalue weighted by atomic mass is 9.98. The van der Waals surface area contributed by atoms with Crippen molar-refractivity contribution in [3.05, 3.63) is 37.0 Å². The molecule has 1 unspecified atom stereocenters. The van der Waals surface area contributed by atoms with Crippen LogP contribution in [0.15, 0.2) is 37.0 Å². The number of carbonyl (C=O) groups is 1. The van der Waals surface area contributed by atoms with Crippen molar-refractivity contribution in [2.45, 2.75) is 91.4 Å². The van der Waals surface area contributed by atoms with Crippen LogP contribution in [0, 0.1) is 5.92 Å². The van der Waals surface area contributed by atoms with Crippen molar-refractivity contribution in [3.63, 3.8) is 0 Å². The van der Waals surface area contributed by atoms with Crippen molar-refractivity contribution in [2.24, 2.45) is 5.92 Å². The lowest BCUT2D eigenvalue weighted by Gasteiger charge is -2.08. The predicted octanol–water partition coefficient (Wildman–Crippen LogP) is 7.44. The molecular weight excluding hydrogens is 280 g/mol. The number of allylic oxidation sites excluding steroid dienone is 5. The monoisotopic (exact) mass is 320 g/mol. The van der Waals surface area contributed by atoms with E-state index in [1.807, 2.05) is 12.2 Å².